The first-order valence-electron chi connectivity index (χ1n) is 7.28. The van der Waals surface area contributed by atoms with E-state index in [-0.39, 0.29) is 32.5 Å². The minimum atomic E-state index is -7.03. The van der Waals surface area contributed by atoms with Gasteiger partial charge in [0.15, 0.2) is 6.10 Å². The van der Waals surface area contributed by atoms with Crippen LogP contribution in [0.5, 0.6) is 0 Å². The van der Waals surface area contributed by atoms with Gasteiger partial charge in [-0.2, -0.15) is 34.8 Å². The van der Waals surface area contributed by atoms with Crippen LogP contribution in [-0.4, -0.2) is 61.1 Å². The van der Waals surface area contributed by atoms with E-state index in [9.17, 15) is 39.6 Å². The van der Waals surface area contributed by atoms with Crippen LogP contribution in [0.3, 0.4) is 0 Å². The molecule has 0 aromatic rings. The molecule has 1 aliphatic heterocycles. The maximum Gasteiger partial charge on any atom is 0.430 e. The fourth-order valence-electron chi connectivity index (χ4n) is 3.03. The summed E-state index contributed by atoms with van der Waals surface area (Å²) in [5.41, 5.74) is 0. The van der Waals surface area contributed by atoms with Crippen LogP contribution in [0.2, 0.25) is 0 Å². The van der Waals surface area contributed by atoms with Crippen molar-refractivity contribution in [2.45, 2.75) is 54.7 Å². The van der Waals surface area contributed by atoms with E-state index in [4.69, 9.17) is 14.0 Å². The molecule has 7 nitrogen and oxygen atoms in total. The summed E-state index contributed by atoms with van der Waals surface area (Å²) >= 11 is 0. The molecule has 1 atom stereocenters. The Kier molecular flexibility index (Phi) is 5.29. The second kappa shape index (κ2) is 6.49. The SMILES string of the molecule is O=C(OC1CCCCC12OCCO2)C(C(F)(F)F)(C(F)(F)F)S(=O)(=O)O. The van der Waals surface area contributed by atoms with E-state index in [2.05, 4.69) is 4.74 Å². The molecule has 0 aromatic carbocycles. The van der Waals surface area contributed by atoms with Gasteiger partial charge in [0, 0.05) is 6.42 Å². The molecule has 1 heterocycles. The number of ether oxygens (including phenoxy) is 3. The zero-order valence-corrected chi connectivity index (χ0v) is 13.7. The second-order valence-corrected chi connectivity index (χ2v) is 7.36. The number of rotatable bonds is 3. The van der Waals surface area contributed by atoms with Gasteiger partial charge in [0.05, 0.1) is 13.2 Å². The van der Waals surface area contributed by atoms with Crippen molar-refractivity contribution in [1.29, 1.82) is 0 Å². The van der Waals surface area contributed by atoms with Crippen LogP contribution in [-0.2, 0) is 29.1 Å². The highest BCUT2D eigenvalue weighted by atomic mass is 32.2. The van der Waals surface area contributed by atoms with Gasteiger partial charge >= 0.3 is 33.2 Å². The summed E-state index contributed by atoms with van der Waals surface area (Å²) in [5, 5.41) is 0. The minimum absolute atomic E-state index is 0.0296. The number of carbonyl (C=O) groups is 1. The van der Waals surface area contributed by atoms with Crippen LogP contribution < -0.4 is 0 Å². The van der Waals surface area contributed by atoms with E-state index in [0.717, 1.165) is 0 Å². The van der Waals surface area contributed by atoms with Crippen molar-refractivity contribution in [1.82, 2.24) is 0 Å². The van der Waals surface area contributed by atoms with Gasteiger partial charge in [-0.05, 0) is 19.3 Å². The normalized spacial score (nSPS) is 24.7. The Bertz CT molecular complexity index is 636. The third kappa shape index (κ3) is 3.16. The van der Waals surface area contributed by atoms with E-state index in [1.165, 1.54) is 0 Å². The Labute approximate surface area is 143 Å². The fourth-order valence-corrected chi connectivity index (χ4v) is 3.88. The lowest BCUT2D eigenvalue weighted by Gasteiger charge is -2.40. The third-order valence-corrected chi connectivity index (χ3v) is 5.63. The van der Waals surface area contributed by atoms with Crippen LogP contribution in [0.25, 0.3) is 0 Å². The van der Waals surface area contributed by atoms with Gasteiger partial charge in [-0.1, -0.05) is 0 Å². The monoisotopic (exact) mass is 416 g/mol. The van der Waals surface area contributed by atoms with E-state index >= 15 is 0 Å². The summed E-state index contributed by atoms with van der Waals surface area (Å²) in [6.45, 7) is -0.0634. The zero-order chi connectivity index (χ0) is 20.0. The average molecular weight is 416 g/mol. The van der Waals surface area contributed by atoms with E-state index in [1.807, 2.05) is 0 Å². The van der Waals surface area contributed by atoms with Crippen LogP contribution in [0, 0.1) is 0 Å². The highest BCUT2D eigenvalue weighted by molar-refractivity contribution is 7.88. The number of alkyl halides is 6. The molecule has 0 amide bonds. The number of esters is 1. The van der Waals surface area contributed by atoms with Crippen LogP contribution in [0.4, 0.5) is 26.3 Å². The van der Waals surface area contributed by atoms with Gasteiger partial charge in [0.25, 0.3) is 0 Å². The number of halogens is 6. The van der Waals surface area contributed by atoms with Crippen molar-refractivity contribution in [3.05, 3.63) is 0 Å². The Hall–Kier alpha value is -1.12. The Morgan fingerprint density at radius 2 is 1.54 bits per heavy atom. The van der Waals surface area contributed by atoms with Crippen molar-refractivity contribution in [2.24, 2.45) is 0 Å². The number of hydrogen-bond acceptors (Lipinski definition) is 6. The van der Waals surface area contributed by atoms with E-state index in [1.54, 1.807) is 0 Å². The smallest absolute Gasteiger partial charge is 0.430 e. The number of carbonyl (C=O) groups excluding carboxylic acids is 1. The first-order chi connectivity index (χ1) is 11.7. The summed E-state index contributed by atoms with van der Waals surface area (Å²) in [4.78, 5) is 11.9. The predicted octanol–water partition coefficient (Wildman–Crippen LogP) is 1.97. The van der Waals surface area contributed by atoms with E-state index in [0.29, 0.717) is 6.42 Å². The van der Waals surface area contributed by atoms with Crippen LogP contribution in [0.15, 0.2) is 0 Å². The molecule has 0 aromatic heterocycles. The quantitative estimate of drug-likeness (QED) is 0.427. The summed E-state index contributed by atoms with van der Waals surface area (Å²) in [6.07, 6.45) is -14.6. The van der Waals surface area contributed by atoms with Crippen molar-refractivity contribution >= 4 is 16.1 Å². The second-order valence-electron chi connectivity index (χ2n) is 5.80. The molecule has 1 unspecified atom stereocenters. The molecule has 0 bridgehead atoms. The van der Waals surface area contributed by atoms with Crippen LogP contribution in [0.1, 0.15) is 25.7 Å². The highest BCUT2D eigenvalue weighted by Gasteiger charge is 2.85. The molecular formula is C12H14F6O7S. The first-order valence-corrected chi connectivity index (χ1v) is 8.72. The molecule has 2 aliphatic rings. The van der Waals surface area contributed by atoms with Crippen molar-refractivity contribution in [3.63, 3.8) is 0 Å². The van der Waals surface area contributed by atoms with Gasteiger partial charge in [-0.15, -0.1) is 0 Å². The lowest BCUT2D eigenvalue weighted by molar-refractivity contribution is -0.283. The maximum atomic E-state index is 13.1. The molecule has 152 valence electrons. The van der Waals surface area contributed by atoms with Crippen molar-refractivity contribution in [3.8, 4) is 0 Å². The summed E-state index contributed by atoms with van der Waals surface area (Å²) in [7, 11) is -7.03. The third-order valence-electron chi connectivity index (χ3n) is 4.23. The highest BCUT2D eigenvalue weighted by Crippen LogP contribution is 2.50. The van der Waals surface area contributed by atoms with E-state index < -0.39 is 45.1 Å². The van der Waals surface area contributed by atoms with Crippen molar-refractivity contribution < 1.29 is 58.3 Å². The van der Waals surface area contributed by atoms with Gasteiger partial charge in [-0.3, -0.25) is 4.55 Å². The largest absolute Gasteiger partial charge is 0.455 e. The average Bonchev–Trinajstić information content (AvgIpc) is 2.86. The lowest BCUT2D eigenvalue weighted by Crippen LogP contribution is -2.68. The molecule has 1 aliphatic carbocycles. The zero-order valence-electron chi connectivity index (χ0n) is 12.9. The Morgan fingerprint density at radius 1 is 1.04 bits per heavy atom. The lowest BCUT2D eigenvalue weighted by atomic mass is 9.91. The fraction of sp³-hybridized carbons (Fsp3) is 0.917. The summed E-state index contributed by atoms with van der Waals surface area (Å²) < 4.78 is 118. The van der Waals surface area contributed by atoms with Crippen molar-refractivity contribution in [2.75, 3.05) is 13.2 Å². The topological polar surface area (TPSA) is 99.1 Å². The minimum Gasteiger partial charge on any atom is -0.455 e. The van der Waals surface area contributed by atoms with Gasteiger partial charge in [0.2, 0.25) is 5.79 Å². The Balaban J connectivity index is 2.48. The molecule has 2 rings (SSSR count). The molecule has 14 heteroatoms. The molecule has 0 radical (unpaired) electrons. The van der Waals surface area contributed by atoms with Gasteiger partial charge in [0.1, 0.15) is 0 Å². The maximum absolute atomic E-state index is 13.1. The van der Waals surface area contributed by atoms with Gasteiger partial charge < -0.3 is 14.2 Å². The Morgan fingerprint density at radius 3 is 1.96 bits per heavy atom. The van der Waals surface area contributed by atoms with Gasteiger partial charge in [-0.25, -0.2) is 4.79 Å². The molecule has 1 spiro atoms. The summed E-state index contributed by atoms with van der Waals surface area (Å²) in [6, 6.07) is 0. The predicted molar refractivity (Wildman–Crippen MR) is 69.4 cm³/mol. The standard InChI is InChI=1S/C12H14F6O7S/c13-11(14,15)10(12(16,17)18,26(20,21)22)8(19)25-7-3-1-2-4-9(7)23-5-6-24-9/h7H,1-6H2,(H,20,21,22). The molecule has 1 saturated carbocycles. The molecular weight excluding hydrogens is 402 g/mol. The molecule has 1 N–H and O–H groups in total. The molecule has 2 fully saturated rings. The molecule has 26 heavy (non-hydrogen) atoms. The van der Waals surface area contributed by atoms with Crippen LogP contribution >= 0.6 is 0 Å². The summed E-state index contributed by atoms with van der Waals surface area (Å²) in [5.74, 6) is -4.94. The number of hydrogen-bond donors (Lipinski definition) is 1. The molecule has 1 saturated heterocycles. The first kappa shape index (κ1) is 21.2.